The largest absolute Gasteiger partial charge is 0.340 e. The molecule has 0 aromatic carbocycles. The van der Waals surface area contributed by atoms with Crippen molar-refractivity contribution < 1.29 is 18.1 Å². The number of aryl methyl sites for hydroxylation is 2. The fourth-order valence-corrected chi connectivity index (χ4v) is 5.01. The van der Waals surface area contributed by atoms with Gasteiger partial charge in [0, 0.05) is 38.9 Å². The summed E-state index contributed by atoms with van der Waals surface area (Å²) in [5.41, 5.74) is 0.326. The Morgan fingerprint density at radius 1 is 1.23 bits per heavy atom. The maximum Gasteiger partial charge on any atom is 0.306 e. The van der Waals surface area contributed by atoms with Gasteiger partial charge in [0.05, 0.1) is 23.1 Å². The molecule has 0 spiro atoms. The molecule has 2 aromatic heterocycles. The third kappa shape index (κ3) is 4.36. The first-order chi connectivity index (χ1) is 14.1. The maximum absolute atomic E-state index is 12.9. The highest BCUT2D eigenvalue weighted by molar-refractivity contribution is 7.89. The monoisotopic (exact) mass is 439 g/mol. The van der Waals surface area contributed by atoms with Gasteiger partial charge in [0.25, 0.3) is 0 Å². The second kappa shape index (κ2) is 8.52. The molecule has 1 atom stereocenters. The Labute approximate surface area is 174 Å². The first-order valence-electron chi connectivity index (χ1n) is 9.63. The molecule has 3 heterocycles. The van der Waals surface area contributed by atoms with Crippen molar-refractivity contribution in [1.82, 2.24) is 28.8 Å². The molecule has 0 saturated carbocycles. The number of hydrogen-bond acceptors (Lipinski definition) is 7. The van der Waals surface area contributed by atoms with Gasteiger partial charge in [0.1, 0.15) is 17.3 Å². The Hall–Kier alpha value is -2.80. The third-order valence-electron chi connectivity index (χ3n) is 5.11. The van der Waals surface area contributed by atoms with Crippen molar-refractivity contribution in [3.63, 3.8) is 0 Å². The lowest BCUT2D eigenvalue weighted by Gasteiger charge is -2.35. The van der Waals surface area contributed by atoms with E-state index in [1.165, 1.54) is 21.4 Å². The third-order valence-corrected chi connectivity index (χ3v) is 7.11. The summed E-state index contributed by atoms with van der Waals surface area (Å²) in [5.74, 6) is -0.585. The quantitative estimate of drug-likeness (QED) is 0.452. The van der Waals surface area contributed by atoms with E-state index in [2.05, 4.69) is 10.2 Å². The number of nitrogens with zero attached hydrogens (tertiary/aromatic N) is 7. The molecule has 1 unspecified atom stereocenters. The van der Waals surface area contributed by atoms with Gasteiger partial charge in [-0.15, -0.1) is 0 Å². The molecular formula is C17H25N7O5S. The van der Waals surface area contributed by atoms with Crippen molar-refractivity contribution in [3.05, 3.63) is 34.4 Å². The summed E-state index contributed by atoms with van der Waals surface area (Å²) in [7, 11) is -3.67. The highest BCUT2D eigenvalue weighted by atomic mass is 32.2. The average Bonchev–Trinajstić information content (AvgIpc) is 3.34. The van der Waals surface area contributed by atoms with Crippen molar-refractivity contribution >= 4 is 21.6 Å². The van der Waals surface area contributed by atoms with Crippen LogP contribution >= 0.6 is 0 Å². The fourth-order valence-electron chi connectivity index (χ4n) is 3.42. The fraction of sp³-hybridized carbons (Fsp3) is 0.588. The van der Waals surface area contributed by atoms with E-state index in [0.29, 0.717) is 12.2 Å². The Bertz CT molecular complexity index is 1040. The molecule has 0 N–H and O–H groups in total. The van der Waals surface area contributed by atoms with Gasteiger partial charge in [-0.1, -0.05) is 6.92 Å². The summed E-state index contributed by atoms with van der Waals surface area (Å²) < 4.78 is 30.2. The van der Waals surface area contributed by atoms with Crippen molar-refractivity contribution in [3.8, 4) is 0 Å². The second-order valence-electron chi connectivity index (χ2n) is 7.24. The molecule has 0 aliphatic carbocycles. The summed E-state index contributed by atoms with van der Waals surface area (Å²) in [5, 5.41) is 18.9. The number of nitro groups is 1. The minimum atomic E-state index is -3.67. The molecule has 1 aliphatic heterocycles. The van der Waals surface area contributed by atoms with E-state index >= 15 is 0 Å². The average molecular weight is 439 g/mol. The molecule has 1 fully saturated rings. The normalized spacial score (nSPS) is 16.6. The minimum absolute atomic E-state index is 0.129. The molecule has 13 heteroatoms. The minimum Gasteiger partial charge on any atom is -0.340 e. The molecular weight excluding hydrogens is 414 g/mol. The van der Waals surface area contributed by atoms with E-state index in [1.54, 1.807) is 23.4 Å². The van der Waals surface area contributed by atoms with E-state index in [0.717, 1.165) is 6.20 Å². The molecule has 0 radical (unpaired) electrons. The molecule has 0 bridgehead atoms. The molecule has 1 aliphatic rings. The number of sulfonamides is 1. The lowest BCUT2D eigenvalue weighted by atomic mass is 10.1. The van der Waals surface area contributed by atoms with Crippen LogP contribution in [0.2, 0.25) is 0 Å². The van der Waals surface area contributed by atoms with Crippen LogP contribution in [0.15, 0.2) is 23.5 Å². The summed E-state index contributed by atoms with van der Waals surface area (Å²) in [6.45, 7) is 7.02. The van der Waals surface area contributed by atoms with E-state index < -0.39 is 20.9 Å². The highest BCUT2D eigenvalue weighted by Crippen LogP contribution is 2.21. The molecule has 30 heavy (non-hydrogen) atoms. The van der Waals surface area contributed by atoms with Crippen LogP contribution in [0.1, 0.15) is 19.5 Å². The Morgan fingerprint density at radius 2 is 1.90 bits per heavy atom. The van der Waals surface area contributed by atoms with Gasteiger partial charge in [-0.2, -0.15) is 14.5 Å². The van der Waals surface area contributed by atoms with Crippen LogP contribution in [0.4, 0.5) is 5.69 Å². The molecule has 3 rings (SSSR count). The van der Waals surface area contributed by atoms with Crippen LogP contribution in [0.3, 0.4) is 0 Å². The zero-order valence-electron chi connectivity index (χ0n) is 17.1. The van der Waals surface area contributed by atoms with E-state index in [4.69, 9.17) is 0 Å². The Balaban J connectivity index is 1.60. The number of carbonyl (C=O) groups is 1. The van der Waals surface area contributed by atoms with Gasteiger partial charge in [-0.25, -0.2) is 8.42 Å². The summed E-state index contributed by atoms with van der Waals surface area (Å²) in [4.78, 5) is 24.8. The highest BCUT2D eigenvalue weighted by Gasteiger charge is 2.33. The van der Waals surface area contributed by atoms with Crippen LogP contribution in [0.25, 0.3) is 0 Å². The summed E-state index contributed by atoms with van der Waals surface area (Å²) in [6.07, 6.45) is 3.96. The van der Waals surface area contributed by atoms with Crippen LogP contribution in [-0.4, -0.2) is 74.2 Å². The topological polar surface area (TPSA) is 136 Å². The van der Waals surface area contributed by atoms with E-state index in [1.807, 2.05) is 6.92 Å². The van der Waals surface area contributed by atoms with Crippen molar-refractivity contribution in [2.24, 2.45) is 5.92 Å². The standard InChI is InChI=1S/C17H25N7O5S/c1-4-21-12-16(14(3)19-21)30(28,29)23-7-5-20(6-8-23)17(25)13(2)10-22-11-15(9-18-22)24(26)27/h9,11-13H,4-8,10H2,1-3H3. The van der Waals surface area contributed by atoms with Crippen LogP contribution in [0.5, 0.6) is 0 Å². The molecule has 1 saturated heterocycles. The molecule has 2 aromatic rings. The first kappa shape index (κ1) is 21.9. The number of amides is 1. The molecule has 164 valence electrons. The number of aromatic nitrogens is 4. The Morgan fingerprint density at radius 3 is 2.43 bits per heavy atom. The number of rotatable bonds is 7. The number of carbonyl (C=O) groups excluding carboxylic acids is 1. The maximum atomic E-state index is 12.9. The lowest BCUT2D eigenvalue weighted by Crippen LogP contribution is -2.52. The van der Waals surface area contributed by atoms with E-state index in [-0.39, 0.29) is 49.2 Å². The van der Waals surface area contributed by atoms with Crippen LogP contribution in [0, 0.1) is 23.0 Å². The zero-order valence-corrected chi connectivity index (χ0v) is 17.9. The first-order valence-corrected chi connectivity index (χ1v) is 11.1. The van der Waals surface area contributed by atoms with Gasteiger partial charge in [-0.3, -0.25) is 24.3 Å². The second-order valence-corrected chi connectivity index (χ2v) is 9.15. The lowest BCUT2D eigenvalue weighted by molar-refractivity contribution is -0.385. The predicted octanol–water partition coefficient (Wildman–Crippen LogP) is 0.485. The summed E-state index contributed by atoms with van der Waals surface area (Å²) in [6, 6.07) is 0. The van der Waals surface area contributed by atoms with Gasteiger partial charge < -0.3 is 4.90 Å². The van der Waals surface area contributed by atoms with Gasteiger partial charge >= 0.3 is 5.69 Å². The van der Waals surface area contributed by atoms with E-state index in [9.17, 15) is 23.3 Å². The van der Waals surface area contributed by atoms with Crippen molar-refractivity contribution in [2.45, 2.75) is 38.8 Å². The van der Waals surface area contributed by atoms with Crippen molar-refractivity contribution in [2.75, 3.05) is 26.2 Å². The zero-order chi connectivity index (χ0) is 22.1. The predicted molar refractivity (Wildman–Crippen MR) is 106 cm³/mol. The van der Waals surface area contributed by atoms with Crippen LogP contribution in [-0.2, 0) is 27.9 Å². The number of hydrogen-bond donors (Lipinski definition) is 0. The van der Waals surface area contributed by atoms with Gasteiger partial charge in [0.15, 0.2) is 0 Å². The summed E-state index contributed by atoms with van der Waals surface area (Å²) >= 11 is 0. The SMILES string of the molecule is CCn1cc(S(=O)(=O)N2CCN(C(=O)C(C)Cn3cc([N+](=O)[O-])cn3)CC2)c(C)n1. The van der Waals surface area contributed by atoms with Crippen LogP contribution < -0.4 is 0 Å². The molecule has 1 amide bonds. The Kier molecular flexibility index (Phi) is 6.22. The van der Waals surface area contributed by atoms with Gasteiger partial charge in [0.2, 0.25) is 15.9 Å². The molecule has 12 nitrogen and oxygen atoms in total. The van der Waals surface area contributed by atoms with Crippen molar-refractivity contribution in [1.29, 1.82) is 0 Å². The van der Waals surface area contributed by atoms with Gasteiger partial charge in [-0.05, 0) is 13.8 Å². The smallest absolute Gasteiger partial charge is 0.306 e. The number of piperazine rings is 1.